The molecule has 0 aliphatic carbocycles. The van der Waals surface area contributed by atoms with Gasteiger partial charge in [-0.1, -0.05) is 29.3 Å². The lowest BCUT2D eigenvalue weighted by Crippen LogP contribution is -2.08. The number of aromatic nitrogens is 1. The Morgan fingerprint density at radius 2 is 1.81 bits per heavy atom. The summed E-state index contributed by atoms with van der Waals surface area (Å²) >= 11 is 11.4. The van der Waals surface area contributed by atoms with Crippen molar-refractivity contribution < 1.29 is 17.6 Å². The van der Waals surface area contributed by atoms with Gasteiger partial charge in [0.05, 0.1) is 15.6 Å². The molecule has 2 rings (SSSR count). The first-order chi connectivity index (χ1) is 9.77. The Balaban J connectivity index is 2.11. The van der Waals surface area contributed by atoms with E-state index in [0.717, 1.165) is 6.07 Å². The van der Waals surface area contributed by atoms with Gasteiger partial charge >= 0.3 is 6.18 Å². The summed E-state index contributed by atoms with van der Waals surface area (Å²) < 4.78 is 50.4. The maximum Gasteiger partial charge on any atom is 0.417 e. The molecule has 0 saturated carbocycles. The Kier molecular flexibility index (Phi) is 4.58. The van der Waals surface area contributed by atoms with E-state index in [9.17, 15) is 17.6 Å². The number of hydrogen-bond donors (Lipinski definition) is 1. The molecule has 1 aromatic carbocycles. The van der Waals surface area contributed by atoms with E-state index < -0.39 is 17.6 Å². The molecule has 0 unspecified atom stereocenters. The van der Waals surface area contributed by atoms with Crippen LogP contribution in [0.5, 0.6) is 0 Å². The molecule has 1 heterocycles. The number of halogens is 6. The van der Waals surface area contributed by atoms with Crippen LogP contribution >= 0.6 is 23.2 Å². The molecule has 8 heteroatoms. The molecule has 1 N–H and O–H groups in total. The van der Waals surface area contributed by atoms with Crippen LogP contribution in [0.25, 0.3) is 0 Å². The van der Waals surface area contributed by atoms with Crippen molar-refractivity contribution >= 4 is 29.0 Å². The second kappa shape index (κ2) is 6.07. The predicted molar refractivity (Wildman–Crippen MR) is 73.0 cm³/mol. The fourth-order valence-electron chi connectivity index (χ4n) is 1.56. The quantitative estimate of drug-likeness (QED) is 0.782. The highest BCUT2D eigenvalue weighted by Crippen LogP contribution is 2.32. The van der Waals surface area contributed by atoms with Crippen LogP contribution in [-0.4, -0.2) is 4.98 Å². The van der Waals surface area contributed by atoms with Crippen molar-refractivity contribution in [1.29, 1.82) is 0 Å². The number of anilines is 1. The maximum atomic E-state index is 13.0. The summed E-state index contributed by atoms with van der Waals surface area (Å²) in [5.41, 5.74) is -0.290. The van der Waals surface area contributed by atoms with Crippen LogP contribution in [0, 0.1) is 5.82 Å². The predicted octanol–water partition coefficient (Wildman–Crippen LogP) is 5.16. The van der Waals surface area contributed by atoms with Gasteiger partial charge in [0, 0.05) is 12.7 Å². The van der Waals surface area contributed by atoms with E-state index in [-0.39, 0.29) is 22.4 Å². The van der Waals surface area contributed by atoms with Crippen LogP contribution in [0.4, 0.5) is 23.4 Å². The average molecular weight is 339 g/mol. The third-order valence-electron chi connectivity index (χ3n) is 2.61. The lowest BCUT2D eigenvalue weighted by molar-refractivity contribution is -0.137. The Labute approximate surface area is 127 Å². The molecule has 0 fully saturated rings. The van der Waals surface area contributed by atoms with Gasteiger partial charge in [-0.2, -0.15) is 13.2 Å². The molecule has 112 valence electrons. The fraction of sp³-hybridized carbons (Fsp3) is 0.154. The number of pyridine rings is 1. The van der Waals surface area contributed by atoms with Crippen molar-refractivity contribution in [2.75, 3.05) is 5.32 Å². The molecule has 0 bridgehead atoms. The fourth-order valence-corrected chi connectivity index (χ4v) is 1.99. The summed E-state index contributed by atoms with van der Waals surface area (Å²) in [6.45, 7) is 0.193. The number of benzene rings is 1. The summed E-state index contributed by atoms with van der Waals surface area (Å²) in [6, 6.07) is 4.88. The van der Waals surface area contributed by atoms with Gasteiger partial charge in [-0.05, 0) is 23.8 Å². The zero-order valence-electron chi connectivity index (χ0n) is 10.3. The van der Waals surface area contributed by atoms with E-state index in [1.165, 1.54) is 18.2 Å². The van der Waals surface area contributed by atoms with Crippen LogP contribution in [0.1, 0.15) is 11.1 Å². The van der Waals surface area contributed by atoms with E-state index in [4.69, 9.17) is 23.2 Å². The Hall–Kier alpha value is -1.53. The molecular weight excluding hydrogens is 331 g/mol. The van der Waals surface area contributed by atoms with Crippen molar-refractivity contribution in [3.8, 4) is 0 Å². The Bertz CT molecular complexity index is 659. The van der Waals surface area contributed by atoms with E-state index in [1.54, 1.807) is 0 Å². The molecule has 0 aliphatic heterocycles. The van der Waals surface area contributed by atoms with Crippen molar-refractivity contribution in [1.82, 2.24) is 4.98 Å². The molecule has 21 heavy (non-hydrogen) atoms. The lowest BCUT2D eigenvalue weighted by atomic mass is 10.2. The van der Waals surface area contributed by atoms with Crippen molar-refractivity contribution in [2.24, 2.45) is 0 Å². The molecule has 0 radical (unpaired) electrons. The van der Waals surface area contributed by atoms with Crippen LogP contribution < -0.4 is 5.32 Å². The highest BCUT2D eigenvalue weighted by atomic mass is 35.5. The monoisotopic (exact) mass is 338 g/mol. The highest BCUT2D eigenvalue weighted by Gasteiger charge is 2.31. The van der Waals surface area contributed by atoms with Crippen molar-refractivity contribution in [3.05, 3.63) is 57.5 Å². The smallest absolute Gasteiger partial charge is 0.365 e. The van der Waals surface area contributed by atoms with Crippen LogP contribution in [0.3, 0.4) is 0 Å². The lowest BCUT2D eigenvalue weighted by Gasteiger charge is -2.11. The zero-order valence-corrected chi connectivity index (χ0v) is 11.8. The minimum atomic E-state index is -4.50. The first kappa shape index (κ1) is 15.9. The zero-order chi connectivity index (χ0) is 15.6. The summed E-state index contributed by atoms with van der Waals surface area (Å²) in [6.07, 6.45) is -3.81. The van der Waals surface area contributed by atoms with Crippen LogP contribution in [0.15, 0.2) is 30.5 Å². The van der Waals surface area contributed by atoms with Gasteiger partial charge < -0.3 is 5.32 Å². The van der Waals surface area contributed by atoms with Gasteiger partial charge in [0.15, 0.2) is 0 Å². The Morgan fingerprint density at radius 3 is 2.38 bits per heavy atom. The maximum absolute atomic E-state index is 13.0. The summed E-state index contributed by atoms with van der Waals surface area (Å²) in [5.74, 6) is -0.448. The van der Waals surface area contributed by atoms with Gasteiger partial charge in [0.1, 0.15) is 11.6 Å². The van der Waals surface area contributed by atoms with Gasteiger partial charge in [-0.15, -0.1) is 0 Å². The minimum Gasteiger partial charge on any atom is -0.365 e. The van der Waals surface area contributed by atoms with Gasteiger partial charge in [-0.3, -0.25) is 0 Å². The molecule has 2 aromatic rings. The molecular formula is C13H8Cl2F4N2. The number of nitrogens with one attached hydrogen (secondary N) is 1. The second-order valence-electron chi connectivity index (χ2n) is 4.15. The Morgan fingerprint density at radius 1 is 1.10 bits per heavy atom. The van der Waals surface area contributed by atoms with E-state index >= 15 is 0 Å². The number of hydrogen-bond acceptors (Lipinski definition) is 2. The van der Waals surface area contributed by atoms with E-state index in [1.807, 2.05) is 0 Å². The standard InChI is InChI=1S/C13H8Cl2F4N2/c14-9-3-7(1-2-11(9)16)5-20-12-10(15)4-8(6-21-12)13(17,18)19/h1-4,6H,5H2,(H,20,21). The summed E-state index contributed by atoms with van der Waals surface area (Å²) in [7, 11) is 0. The minimum absolute atomic E-state index is 0.0409. The average Bonchev–Trinajstić information content (AvgIpc) is 2.40. The van der Waals surface area contributed by atoms with Crippen LogP contribution in [-0.2, 0) is 12.7 Å². The van der Waals surface area contributed by atoms with Gasteiger partial charge in [0.25, 0.3) is 0 Å². The molecule has 1 aromatic heterocycles. The van der Waals surface area contributed by atoms with Crippen molar-refractivity contribution in [2.45, 2.75) is 12.7 Å². The SMILES string of the molecule is Fc1ccc(CNc2ncc(C(F)(F)F)cc2Cl)cc1Cl. The number of alkyl halides is 3. The molecule has 0 aliphatic rings. The molecule has 0 amide bonds. The highest BCUT2D eigenvalue weighted by molar-refractivity contribution is 6.33. The van der Waals surface area contributed by atoms with Gasteiger partial charge in [0.2, 0.25) is 0 Å². The molecule has 0 spiro atoms. The van der Waals surface area contributed by atoms with Crippen molar-refractivity contribution in [3.63, 3.8) is 0 Å². The molecule has 0 saturated heterocycles. The topological polar surface area (TPSA) is 24.9 Å². The molecule has 2 nitrogen and oxygen atoms in total. The number of rotatable bonds is 3. The largest absolute Gasteiger partial charge is 0.417 e. The second-order valence-corrected chi connectivity index (χ2v) is 4.97. The normalized spacial score (nSPS) is 11.5. The summed E-state index contributed by atoms with van der Waals surface area (Å²) in [4.78, 5) is 3.63. The third kappa shape index (κ3) is 3.98. The molecule has 0 atom stereocenters. The van der Waals surface area contributed by atoms with E-state index in [0.29, 0.717) is 11.8 Å². The van der Waals surface area contributed by atoms with Crippen LogP contribution in [0.2, 0.25) is 10.0 Å². The van der Waals surface area contributed by atoms with Gasteiger partial charge in [-0.25, -0.2) is 9.37 Å². The first-order valence-electron chi connectivity index (χ1n) is 5.68. The third-order valence-corrected chi connectivity index (χ3v) is 3.19. The first-order valence-corrected chi connectivity index (χ1v) is 6.43. The van der Waals surface area contributed by atoms with E-state index in [2.05, 4.69) is 10.3 Å². The summed E-state index contributed by atoms with van der Waals surface area (Å²) in [5, 5.41) is 2.57. The number of nitrogens with zero attached hydrogens (tertiary/aromatic N) is 1.